The van der Waals surface area contributed by atoms with Crippen LogP contribution >= 0.6 is 0 Å². The summed E-state index contributed by atoms with van der Waals surface area (Å²) in [5.41, 5.74) is 0.367. The number of aromatic nitrogens is 2. The van der Waals surface area contributed by atoms with E-state index in [4.69, 9.17) is 0 Å². The molecule has 0 aliphatic heterocycles. The molecule has 0 aliphatic carbocycles. The van der Waals surface area contributed by atoms with E-state index >= 15 is 0 Å². The zero-order chi connectivity index (χ0) is 11.8. The van der Waals surface area contributed by atoms with Crippen LogP contribution in [0.15, 0.2) is 30.3 Å². The van der Waals surface area contributed by atoms with E-state index < -0.39 is 11.7 Å². The second-order valence-electron chi connectivity index (χ2n) is 3.37. The van der Waals surface area contributed by atoms with Crippen LogP contribution in [0, 0.1) is 13.1 Å². The lowest BCUT2D eigenvalue weighted by Gasteiger charge is -2.08. The van der Waals surface area contributed by atoms with Crippen LogP contribution in [0.3, 0.4) is 0 Å². The Morgan fingerprint density at radius 1 is 1.31 bits per heavy atom. The van der Waals surface area contributed by atoms with E-state index in [0.29, 0.717) is 11.4 Å². The fraction of sp³-hybridized carbons (Fsp3) is 0.182. The number of hydrogen-bond acceptors (Lipinski definition) is 1. The lowest BCUT2D eigenvalue weighted by molar-refractivity contribution is -0.137. The van der Waals surface area contributed by atoms with Gasteiger partial charge in [-0.3, -0.25) is 0 Å². The minimum atomic E-state index is -4.34. The van der Waals surface area contributed by atoms with Crippen molar-refractivity contribution in [2.45, 2.75) is 13.1 Å². The molecule has 0 bridgehead atoms. The quantitative estimate of drug-likeness (QED) is 0.729. The van der Waals surface area contributed by atoms with Gasteiger partial charge in [0.1, 0.15) is 0 Å². The molecule has 0 fully saturated rings. The predicted octanol–water partition coefficient (Wildman–Crippen LogP) is 3.00. The summed E-state index contributed by atoms with van der Waals surface area (Å²) in [4.78, 5) is 0. The maximum absolute atomic E-state index is 12.4. The van der Waals surface area contributed by atoms with Crippen LogP contribution in [0.5, 0.6) is 0 Å². The monoisotopic (exact) mass is 225 g/mol. The molecule has 0 spiro atoms. The second kappa shape index (κ2) is 3.66. The molecule has 2 aromatic rings. The minimum absolute atomic E-state index is 0.350. The highest BCUT2D eigenvalue weighted by Gasteiger charge is 2.30. The van der Waals surface area contributed by atoms with E-state index in [9.17, 15) is 13.2 Å². The highest BCUT2D eigenvalue weighted by atomic mass is 19.4. The van der Waals surface area contributed by atoms with E-state index in [-0.39, 0.29) is 0 Å². The van der Waals surface area contributed by atoms with Crippen molar-refractivity contribution in [2.24, 2.45) is 0 Å². The van der Waals surface area contributed by atoms with Crippen molar-refractivity contribution >= 4 is 0 Å². The zero-order valence-corrected chi connectivity index (χ0v) is 8.42. The number of nitrogens with zero attached hydrogens (tertiary/aromatic N) is 2. The molecule has 5 heteroatoms. The SMILES string of the molecule is Cc1c[c]n(-c2cccc(C(F)(F)F)c2)n1. The van der Waals surface area contributed by atoms with Gasteiger partial charge in [0.2, 0.25) is 0 Å². The maximum atomic E-state index is 12.4. The molecular weight excluding hydrogens is 217 g/mol. The molecule has 0 unspecified atom stereocenters. The van der Waals surface area contributed by atoms with Gasteiger partial charge in [-0.25, -0.2) is 4.68 Å². The lowest BCUT2D eigenvalue weighted by Crippen LogP contribution is -2.06. The average Bonchev–Trinajstić information content (AvgIpc) is 2.64. The highest BCUT2D eigenvalue weighted by Crippen LogP contribution is 2.30. The van der Waals surface area contributed by atoms with Gasteiger partial charge in [-0.1, -0.05) is 6.07 Å². The highest BCUT2D eigenvalue weighted by molar-refractivity contribution is 5.36. The minimum Gasteiger partial charge on any atom is -0.231 e. The molecule has 0 saturated carbocycles. The number of rotatable bonds is 1. The largest absolute Gasteiger partial charge is 0.416 e. The Labute approximate surface area is 90.3 Å². The van der Waals surface area contributed by atoms with Crippen LogP contribution in [-0.4, -0.2) is 9.78 Å². The Hall–Kier alpha value is -1.78. The summed E-state index contributed by atoms with van der Waals surface area (Å²) in [6, 6.07) is 6.59. The molecule has 0 aliphatic rings. The van der Waals surface area contributed by atoms with Crippen molar-refractivity contribution in [3.63, 3.8) is 0 Å². The molecule has 0 N–H and O–H groups in total. The van der Waals surface area contributed by atoms with Crippen LogP contribution in [0.4, 0.5) is 13.2 Å². The van der Waals surface area contributed by atoms with Crippen molar-refractivity contribution in [3.05, 3.63) is 47.8 Å². The van der Waals surface area contributed by atoms with E-state index in [1.54, 1.807) is 19.1 Å². The van der Waals surface area contributed by atoms with Gasteiger partial charge >= 0.3 is 6.18 Å². The van der Waals surface area contributed by atoms with Gasteiger partial charge in [-0.05, 0) is 31.2 Å². The molecule has 0 amide bonds. The van der Waals surface area contributed by atoms with E-state index in [1.807, 2.05) is 0 Å². The second-order valence-corrected chi connectivity index (χ2v) is 3.37. The molecule has 1 heterocycles. The molecule has 1 aromatic heterocycles. The van der Waals surface area contributed by atoms with Gasteiger partial charge in [0, 0.05) is 0 Å². The van der Waals surface area contributed by atoms with E-state index in [1.165, 1.54) is 10.7 Å². The molecule has 83 valence electrons. The summed E-state index contributed by atoms with van der Waals surface area (Å²) in [7, 11) is 0. The third-order valence-corrected chi connectivity index (χ3v) is 2.07. The predicted molar refractivity (Wildman–Crippen MR) is 52.1 cm³/mol. The van der Waals surface area contributed by atoms with Crippen molar-refractivity contribution in [1.82, 2.24) is 9.78 Å². The van der Waals surface area contributed by atoms with Crippen LogP contribution in [-0.2, 0) is 6.18 Å². The number of benzene rings is 1. The topological polar surface area (TPSA) is 17.8 Å². The first kappa shape index (κ1) is 10.7. The Morgan fingerprint density at radius 2 is 2.06 bits per heavy atom. The Kier molecular flexibility index (Phi) is 2.46. The third-order valence-electron chi connectivity index (χ3n) is 2.07. The number of hydrogen-bond donors (Lipinski definition) is 0. The Balaban J connectivity index is 2.44. The van der Waals surface area contributed by atoms with Crippen molar-refractivity contribution in [2.75, 3.05) is 0 Å². The zero-order valence-electron chi connectivity index (χ0n) is 8.42. The summed E-state index contributed by atoms with van der Waals surface area (Å²) in [5, 5.41) is 4.00. The van der Waals surface area contributed by atoms with Gasteiger partial charge in [0.15, 0.2) is 0 Å². The molecular formula is C11H8F3N2. The summed E-state index contributed by atoms with van der Waals surface area (Å²) in [6.07, 6.45) is -1.60. The Morgan fingerprint density at radius 3 is 2.62 bits per heavy atom. The van der Waals surface area contributed by atoms with Crippen LogP contribution < -0.4 is 0 Å². The van der Waals surface area contributed by atoms with Gasteiger partial charge in [0.25, 0.3) is 0 Å². The van der Waals surface area contributed by atoms with Gasteiger partial charge in [0.05, 0.1) is 23.1 Å². The summed E-state index contributed by atoms with van der Waals surface area (Å²) in [5.74, 6) is 0. The van der Waals surface area contributed by atoms with E-state index in [0.717, 1.165) is 12.1 Å². The van der Waals surface area contributed by atoms with Crippen molar-refractivity contribution < 1.29 is 13.2 Å². The Bertz CT molecular complexity index is 500. The summed E-state index contributed by atoms with van der Waals surface area (Å²) >= 11 is 0. The van der Waals surface area contributed by atoms with Gasteiger partial charge in [-0.15, -0.1) is 0 Å². The maximum Gasteiger partial charge on any atom is 0.416 e. The molecule has 1 aromatic carbocycles. The molecule has 1 radical (unpaired) electrons. The van der Waals surface area contributed by atoms with Crippen molar-refractivity contribution in [3.8, 4) is 5.69 Å². The molecule has 16 heavy (non-hydrogen) atoms. The first-order valence-electron chi connectivity index (χ1n) is 4.59. The van der Waals surface area contributed by atoms with Gasteiger partial charge < -0.3 is 0 Å². The van der Waals surface area contributed by atoms with Gasteiger partial charge in [-0.2, -0.15) is 18.3 Å². The number of halogens is 3. The third kappa shape index (κ3) is 2.08. The first-order valence-corrected chi connectivity index (χ1v) is 4.59. The lowest BCUT2D eigenvalue weighted by atomic mass is 10.2. The fourth-order valence-electron chi connectivity index (χ4n) is 1.32. The van der Waals surface area contributed by atoms with E-state index in [2.05, 4.69) is 11.3 Å². The molecule has 2 nitrogen and oxygen atoms in total. The van der Waals surface area contributed by atoms with Crippen LogP contribution in [0.2, 0.25) is 0 Å². The van der Waals surface area contributed by atoms with Crippen molar-refractivity contribution in [1.29, 1.82) is 0 Å². The normalized spacial score (nSPS) is 11.8. The first-order chi connectivity index (χ1) is 7.47. The summed E-state index contributed by atoms with van der Waals surface area (Å²) in [6.45, 7) is 1.75. The fourth-order valence-corrected chi connectivity index (χ4v) is 1.32. The molecule has 0 saturated heterocycles. The molecule has 0 atom stereocenters. The standard InChI is InChI=1S/C11H8F3N2/c1-8-5-6-16(15-8)10-4-2-3-9(7-10)11(12,13)14/h2-5,7H,1H3. The summed E-state index contributed by atoms with van der Waals surface area (Å²) < 4.78 is 38.6. The molecule has 2 rings (SSSR count). The smallest absolute Gasteiger partial charge is 0.231 e. The van der Waals surface area contributed by atoms with Crippen LogP contribution in [0.1, 0.15) is 11.3 Å². The average molecular weight is 225 g/mol. The number of alkyl halides is 3. The number of aryl methyl sites for hydroxylation is 1. The van der Waals surface area contributed by atoms with Crippen LogP contribution in [0.25, 0.3) is 5.69 Å².